The quantitative estimate of drug-likeness (QED) is 0.223. The number of allylic oxidation sites excluding steroid dienone is 1. The van der Waals surface area contributed by atoms with E-state index >= 15 is 0 Å². The summed E-state index contributed by atoms with van der Waals surface area (Å²) in [7, 11) is 0. The number of aliphatic hydroxyl groups is 3. The molecule has 1 saturated heterocycles. The standard InChI is InChI=1S/C30H52O6/c1-18-19(25-20(17-21(18)36-34)29(7,32)16-15-26(25,2)3)9-10-22-28(6)13-11-23(31)27(4,5)35-24(28)12-14-30(22,8)33/h20-25,31-34H,9-17H2,1-8H3/t20-,21?,22-,23-,24-,25+,28-,29-,30-/m0/s1. The van der Waals surface area contributed by atoms with E-state index in [9.17, 15) is 20.6 Å². The molecule has 1 aliphatic heterocycles. The first-order valence-corrected chi connectivity index (χ1v) is 14.3. The molecule has 9 atom stereocenters. The first kappa shape index (κ1) is 28.5. The van der Waals surface area contributed by atoms with E-state index in [1.54, 1.807) is 0 Å². The highest BCUT2D eigenvalue weighted by Crippen LogP contribution is 2.59. The Bertz CT molecular complexity index is 858. The Morgan fingerprint density at radius 2 is 1.58 bits per heavy atom. The Balaban J connectivity index is 1.68. The Morgan fingerprint density at radius 3 is 2.22 bits per heavy atom. The second-order valence-corrected chi connectivity index (χ2v) is 14.7. The van der Waals surface area contributed by atoms with Crippen molar-refractivity contribution >= 4 is 0 Å². The summed E-state index contributed by atoms with van der Waals surface area (Å²) >= 11 is 0. The van der Waals surface area contributed by atoms with Crippen molar-refractivity contribution in [3.8, 4) is 0 Å². The molecule has 0 amide bonds. The van der Waals surface area contributed by atoms with Gasteiger partial charge in [-0.15, -0.1) is 0 Å². The van der Waals surface area contributed by atoms with Gasteiger partial charge < -0.3 is 20.1 Å². The lowest BCUT2D eigenvalue weighted by molar-refractivity contribution is -0.280. The van der Waals surface area contributed by atoms with Crippen LogP contribution < -0.4 is 0 Å². The van der Waals surface area contributed by atoms with Gasteiger partial charge in [0.05, 0.1) is 29.0 Å². The van der Waals surface area contributed by atoms with E-state index in [4.69, 9.17) is 9.62 Å². The van der Waals surface area contributed by atoms with Gasteiger partial charge in [-0.25, -0.2) is 4.89 Å². The fraction of sp³-hybridized carbons (Fsp3) is 0.933. The van der Waals surface area contributed by atoms with Crippen LogP contribution in [0.3, 0.4) is 0 Å². The van der Waals surface area contributed by atoms with Crippen LogP contribution in [0, 0.1) is 28.6 Å². The molecule has 1 unspecified atom stereocenters. The van der Waals surface area contributed by atoms with Crippen molar-refractivity contribution in [3.05, 3.63) is 11.1 Å². The normalized spacial score (nSPS) is 48.7. The van der Waals surface area contributed by atoms with Gasteiger partial charge in [0.15, 0.2) is 0 Å². The Kier molecular flexibility index (Phi) is 7.37. The maximum Gasteiger partial charge on any atom is 0.114 e. The van der Waals surface area contributed by atoms with Gasteiger partial charge in [-0.1, -0.05) is 26.3 Å². The zero-order chi connectivity index (χ0) is 26.9. The van der Waals surface area contributed by atoms with Crippen molar-refractivity contribution in [1.29, 1.82) is 0 Å². The molecule has 4 aliphatic rings. The van der Waals surface area contributed by atoms with Gasteiger partial charge in [0.2, 0.25) is 0 Å². The molecule has 0 aromatic carbocycles. The predicted molar refractivity (Wildman–Crippen MR) is 140 cm³/mol. The highest BCUT2D eigenvalue weighted by Gasteiger charge is 2.58. The average Bonchev–Trinajstić information content (AvgIpc) is 2.86. The summed E-state index contributed by atoms with van der Waals surface area (Å²) in [5, 5.41) is 43.7. The zero-order valence-corrected chi connectivity index (χ0v) is 23.9. The Labute approximate surface area is 218 Å². The molecule has 0 radical (unpaired) electrons. The molecule has 36 heavy (non-hydrogen) atoms. The lowest BCUT2D eigenvalue weighted by atomic mass is 9.51. The monoisotopic (exact) mass is 508 g/mol. The maximum atomic E-state index is 11.7. The van der Waals surface area contributed by atoms with Gasteiger partial charge in [0.25, 0.3) is 0 Å². The molecular weight excluding hydrogens is 456 g/mol. The summed E-state index contributed by atoms with van der Waals surface area (Å²) in [6.45, 7) is 16.8. The summed E-state index contributed by atoms with van der Waals surface area (Å²) in [6, 6.07) is 0. The van der Waals surface area contributed by atoms with Crippen molar-refractivity contribution in [2.24, 2.45) is 28.6 Å². The van der Waals surface area contributed by atoms with Gasteiger partial charge in [0, 0.05) is 0 Å². The number of ether oxygens (including phenoxy) is 1. The van der Waals surface area contributed by atoms with E-state index in [-0.39, 0.29) is 34.7 Å². The minimum absolute atomic E-state index is 0.00577. The first-order chi connectivity index (χ1) is 16.5. The van der Waals surface area contributed by atoms with E-state index in [1.165, 1.54) is 5.57 Å². The molecule has 0 spiro atoms. The maximum absolute atomic E-state index is 11.7. The van der Waals surface area contributed by atoms with Gasteiger partial charge in [-0.05, 0) is 127 Å². The van der Waals surface area contributed by atoms with E-state index < -0.39 is 29.0 Å². The molecule has 0 aromatic rings. The van der Waals surface area contributed by atoms with Crippen molar-refractivity contribution in [2.75, 3.05) is 0 Å². The minimum atomic E-state index is -0.822. The van der Waals surface area contributed by atoms with Crippen LogP contribution >= 0.6 is 0 Å². The molecule has 4 rings (SSSR count). The van der Waals surface area contributed by atoms with Crippen molar-refractivity contribution in [3.63, 3.8) is 0 Å². The molecule has 3 fully saturated rings. The lowest BCUT2D eigenvalue weighted by Crippen LogP contribution is -2.56. The molecule has 1 heterocycles. The van der Waals surface area contributed by atoms with Crippen LogP contribution in [-0.4, -0.2) is 55.7 Å². The number of rotatable bonds is 4. The Morgan fingerprint density at radius 1 is 0.917 bits per heavy atom. The largest absolute Gasteiger partial charge is 0.390 e. The number of hydrogen-bond acceptors (Lipinski definition) is 6. The predicted octanol–water partition coefficient (Wildman–Crippen LogP) is 5.63. The number of hydrogen-bond donors (Lipinski definition) is 4. The third-order valence-electron chi connectivity index (χ3n) is 11.4. The Hall–Kier alpha value is -0.500. The van der Waals surface area contributed by atoms with Crippen LogP contribution in [0.4, 0.5) is 0 Å². The van der Waals surface area contributed by atoms with Crippen LogP contribution in [0.5, 0.6) is 0 Å². The fourth-order valence-electron chi connectivity index (χ4n) is 8.83. The van der Waals surface area contributed by atoms with E-state index in [2.05, 4.69) is 27.7 Å². The highest BCUT2D eigenvalue weighted by molar-refractivity contribution is 5.29. The summed E-state index contributed by atoms with van der Waals surface area (Å²) in [6.07, 6.45) is 5.91. The average molecular weight is 509 g/mol. The summed E-state index contributed by atoms with van der Waals surface area (Å²) in [4.78, 5) is 4.97. The third kappa shape index (κ3) is 4.73. The van der Waals surface area contributed by atoms with Crippen molar-refractivity contribution < 1.29 is 30.2 Å². The summed E-state index contributed by atoms with van der Waals surface area (Å²) in [5.41, 5.74) is -0.0775. The molecule has 0 aromatic heterocycles. The van der Waals surface area contributed by atoms with Crippen LogP contribution in [0.2, 0.25) is 0 Å². The highest BCUT2D eigenvalue weighted by atomic mass is 17.1. The fourth-order valence-corrected chi connectivity index (χ4v) is 8.83. The molecule has 6 nitrogen and oxygen atoms in total. The minimum Gasteiger partial charge on any atom is -0.390 e. The van der Waals surface area contributed by atoms with E-state index in [0.717, 1.165) is 44.1 Å². The second kappa shape index (κ2) is 9.31. The van der Waals surface area contributed by atoms with Gasteiger partial charge >= 0.3 is 0 Å². The van der Waals surface area contributed by atoms with Gasteiger partial charge in [0.1, 0.15) is 6.10 Å². The molecule has 3 aliphatic carbocycles. The molecule has 0 bridgehead atoms. The topological polar surface area (TPSA) is 99.4 Å². The summed E-state index contributed by atoms with van der Waals surface area (Å²) in [5.74, 6) is 0.228. The van der Waals surface area contributed by atoms with E-state index in [0.29, 0.717) is 19.3 Å². The van der Waals surface area contributed by atoms with Crippen molar-refractivity contribution in [2.45, 2.75) is 148 Å². The van der Waals surface area contributed by atoms with Crippen LogP contribution in [0.1, 0.15) is 113 Å². The van der Waals surface area contributed by atoms with Crippen LogP contribution in [0.25, 0.3) is 0 Å². The number of aliphatic hydroxyl groups excluding tert-OH is 1. The molecule has 6 heteroatoms. The lowest BCUT2D eigenvalue weighted by Gasteiger charge is -2.56. The molecular formula is C30H52O6. The molecule has 208 valence electrons. The van der Waals surface area contributed by atoms with Gasteiger partial charge in [-0.3, -0.25) is 5.26 Å². The third-order valence-corrected chi connectivity index (χ3v) is 11.4. The van der Waals surface area contributed by atoms with Crippen LogP contribution in [0.15, 0.2) is 11.1 Å². The smallest absolute Gasteiger partial charge is 0.114 e. The van der Waals surface area contributed by atoms with Crippen molar-refractivity contribution in [1.82, 2.24) is 0 Å². The molecule has 2 saturated carbocycles. The van der Waals surface area contributed by atoms with E-state index in [1.807, 2.05) is 27.7 Å². The molecule has 4 N–H and O–H groups in total. The summed E-state index contributed by atoms with van der Waals surface area (Å²) < 4.78 is 6.58. The zero-order valence-electron chi connectivity index (χ0n) is 23.9. The second-order valence-electron chi connectivity index (χ2n) is 14.7. The SMILES string of the molecule is CC1=C(CC[C@H]2[C@]3(C)CC[C@H](O)C(C)(C)O[C@H]3CC[C@]2(C)O)[C@@H]2[C@H](CC1OO)[C@@](C)(O)CCC2(C)C. The first-order valence-electron chi connectivity index (χ1n) is 14.3. The van der Waals surface area contributed by atoms with Gasteiger partial charge in [-0.2, -0.15) is 0 Å². The van der Waals surface area contributed by atoms with Crippen LogP contribution in [-0.2, 0) is 9.62 Å². The number of fused-ring (bicyclic) bond motifs is 2.